The zero-order valence-corrected chi connectivity index (χ0v) is 17.5. The van der Waals surface area contributed by atoms with E-state index in [1.165, 1.54) is 5.69 Å². The predicted octanol–water partition coefficient (Wildman–Crippen LogP) is 0.165. The van der Waals surface area contributed by atoms with E-state index in [1.807, 2.05) is 9.80 Å². The van der Waals surface area contributed by atoms with Gasteiger partial charge in [0.15, 0.2) is 0 Å². The number of piperazine rings is 1. The van der Waals surface area contributed by atoms with Crippen molar-refractivity contribution in [2.75, 3.05) is 72.1 Å². The van der Waals surface area contributed by atoms with Gasteiger partial charge in [0.05, 0.1) is 32.3 Å². The molecule has 0 saturated carbocycles. The van der Waals surface area contributed by atoms with Crippen LogP contribution in [0.4, 0.5) is 0 Å². The van der Waals surface area contributed by atoms with E-state index in [0.29, 0.717) is 58.5 Å². The zero-order valence-electron chi connectivity index (χ0n) is 17.5. The summed E-state index contributed by atoms with van der Waals surface area (Å²) in [5.74, 6) is 0.390. The van der Waals surface area contributed by atoms with E-state index in [4.69, 9.17) is 4.74 Å². The van der Waals surface area contributed by atoms with Crippen LogP contribution >= 0.6 is 0 Å². The number of nitrogens with zero attached hydrogens (tertiary/aromatic N) is 5. The van der Waals surface area contributed by atoms with E-state index < -0.39 is 0 Å². The van der Waals surface area contributed by atoms with E-state index in [-0.39, 0.29) is 11.8 Å². The summed E-state index contributed by atoms with van der Waals surface area (Å²) in [6, 6.07) is 4.58. The number of hydrogen-bond acceptors (Lipinski definition) is 5. The summed E-state index contributed by atoms with van der Waals surface area (Å²) in [5, 5.41) is 0. The highest BCUT2D eigenvalue weighted by atomic mass is 16.5. The molecule has 1 atom stereocenters. The number of morpholine rings is 1. The van der Waals surface area contributed by atoms with Gasteiger partial charge in [0, 0.05) is 58.2 Å². The summed E-state index contributed by atoms with van der Waals surface area (Å²) >= 11 is 0. The first-order chi connectivity index (χ1) is 14.1. The molecule has 0 aliphatic carbocycles. The number of carbonyl (C=O) groups excluding carboxylic acids is 2. The Morgan fingerprint density at radius 2 is 1.66 bits per heavy atom. The number of amides is 2. The maximum absolute atomic E-state index is 12.9. The number of aromatic nitrogens is 1. The van der Waals surface area contributed by atoms with Gasteiger partial charge in [-0.1, -0.05) is 0 Å². The zero-order chi connectivity index (χ0) is 20.2. The van der Waals surface area contributed by atoms with Crippen LogP contribution in [-0.2, 0) is 21.4 Å². The third-order valence-electron chi connectivity index (χ3n) is 6.48. The maximum atomic E-state index is 12.9. The number of aryl methyl sites for hydroxylation is 1. The average Bonchev–Trinajstić information content (AvgIpc) is 3.37. The van der Waals surface area contributed by atoms with Crippen molar-refractivity contribution in [3.63, 3.8) is 0 Å². The van der Waals surface area contributed by atoms with Gasteiger partial charge in [0.25, 0.3) is 0 Å². The topological polar surface area (TPSA) is 61.3 Å². The maximum Gasteiger partial charge on any atom is 0.236 e. The molecule has 4 rings (SSSR count). The summed E-state index contributed by atoms with van der Waals surface area (Å²) in [6.07, 6.45) is 4.33. The van der Waals surface area contributed by atoms with Crippen molar-refractivity contribution in [3.05, 3.63) is 24.0 Å². The number of likely N-dealkylation sites (tertiary alicyclic amines) is 1. The molecule has 3 aliphatic heterocycles. The van der Waals surface area contributed by atoms with Crippen LogP contribution in [0.15, 0.2) is 18.3 Å². The molecule has 1 unspecified atom stereocenters. The average molecular weight is 404 g/mol. The molecule has 1 aromatic rings. The molecule has 0 aromatic carbocycles. The summed E-state index contributed by atoms with van der Waals surface area (Å²) in [6.45, 7) is 7.51. The summed E-state index contributed by atoms with van der Waals surface area (Å²) in [5.41, 5.74) is 1.29. The Morgan fingerprint density at radius 1 is 0.966 bits per heavy atom. The molecule has 3 fully saturated rings. The van der Waals surface area contributed by atoms with Crippen molar-refractivity contribution in [2.45, 2.75) is 18.9 Å². The Morgan fingerprint density at radius 3 is 2.34 bits per heavy atom. The van der Waals surface area contributed by atoms with Crippen LogP contribution in [0.1, 0.15) is 24.6 Å². The fourth-order valence-electron chi connectivity index (χ4n) is 4.70. The molecule has 8 nitrogen and oxygen atoms in total. The molecule has 3 aliphatic rings. The predicted molar refractivity (Wildman–Crippen MR) is 109 cm³/mol. The second-order valence-electron chi connectivity index (χ2n) is 8.32. The molecule has 29 heavy (non-hydrogen) atoms. The third kappa shape index (κ3) is 4.82. The van der Waals surface area contributed by atoms with Crippen molar-refractivity contribution in [1.29, 1.82) is 0 Å². The Hall–Kier alpha value is -1.90. The van der Waals surface area contributed by atoms with Crippen LogP contribution in [0.3, 0.4) is 0 Å². The van der Waals surface area contributed by atoms with Crippen molar-refractivity contribution in [1.82, 2.24) is 24.2 Å². The molecule has 4 heterocycles. The molecule has 2 amide bonds. The first-order valence-electron chi connectivity index (χ1n) is 10.8. The second-order valence-corrected chi connectivity index (χ2v) is 8.32. The van der Waals surface area contributed by atoms with Crippen LogP contribution in [0.25, 0.3) is 0 Å². The number of ether oxygens (including phenoxy) is 1. The standard InChI is InChI=1S/C21H33N5O3/c1-22-6-2-4-18(22)19-5-3-7-26(19)17-21(28)24-10-8-23(9-11-24)16-20(27)25-12-14-29-15-13-25/h2,4,6,19H,3,5,7-17H2,1H3. The Labute approximate surface area is 173 Å². The molecule has 0 N–H and O–H groups in total. The molecule has 1 aromatic heterocycles. The number of carbonyl (C=O) groups is 2. The van der Waals surface area contributed by atoms with Gasteiger partial charge >= 0.3 is 0 Å². The van der Waals surface area contributed by atoms with E-state index in [0.717, 1.165) is 32.5 Å². The number of rotatable bonds is 5. The largest absolute Gasteiger partial charge is 0.378 e. The number of hydrogen-bond donors (Lipinski definition) is 0. The Kier molecular flexibility index (Phi) is 6.52. The van der Waals surface area contributed by atoms with Gasteiger partial charge < -0.3 is 19.1 Å². The van der Waals surface area contributed by atoms with Crippen LogP contribution in [0.5, 0.6) is 0 Å². The minimum absolute atomic E-state index is 0.176. The van der Waals surface area contributed by atoms with Crippen molar-refractivity contribution in [2.24, 2.45) is 7.05 Å². The molecular formula is C21H33N5O3. The quantitative estimate of drug-likeness (QED) is 0.701. The normalized spacial score (nSPS) is 24.2. The van der Waals surface area contributed by atoms with Gasteiger partial charge in [0.1, 0.15) is 0 Å². The lowest BCUT2D eigenvalue weighted by Gasteiger charge is -2.37. The van der Waals surface area contributed by atoms with E-state index in [9.17, 15) is 9.59 Å². The highest BCUT2D eigenvalue weighted by molar-refractivity contribution is 5.79. The van der Waals surface area contributed by atoms with Gasteiger partial charge in [-0.2, -0.15) is 0 Å². The van der Waals surface area contributed by atoms with Gasteiger partial charge in [0.2, 0.25) is 11.8 Å². The molecule has 3 saturated heterocycles. The lowest BCUT2D eigenvalue weighted by atomic mass is 10.1. The minimum Gasteiger partial charge on any atom is -0.378 e. The summed E-state index contributed by atoms with van der Waals surface area (Å²) in [4.78, 5) is 33.7. The minimum atomic E-state index is 0.176. The third-order valence-corrected chi connectivity index (χ3v) is 6.48. The van der Waals surface area contributed by atoms with Crippen LogP contribution < -0.4 is 0 Å². The molecule has 8 heteroatoms. The van der Waals surface area contributed by atoms with Crippen molar-refractivity contribution >= 4 is 11.8 Å². The highest BCUT2D eigenvalue weighted by Gasteiger charge is 2.31. The monoisotopic (exact) mass is 403 g/mol. The van der Waals surface area contributed by atoms with Gasteiger partial charge in [-0.25, -0.2) is 0 Å². The fraction of sp³-hybridized carbons (Fsp3) is 0.714. The summed E-state index contributed by atoms with van der Waals surface area (Å²) < 4.78 is 7.48. The van der Waals surface area contributed by atoms with E-state index in [1.54, 1.807) is 0 Å². The van der Waals surface area contributed by atoms with Gasteiger partial charge in [-0.05, 0) is 31.5 Å². The van der Waals surface area contributed by atoms with E-state index >= 15 is 0 Å². The second kappa shape index (κ2) is 9.28. The lowest BCUT2D eigenvalue weighted by molar-refractivity contribution is -0.138. The van der Waals surface area contributed by atoms with Crippen LogP contribution in [0.2, 0.25) is 0 Å². The van der Waals surface area contributed by atoms with E-state index in [2.05, 4.69) is 39.7 Å². The smallest absolute Gasteiger partial charge is 0.236 e. The molecule has 0 radical (unpaired) electrons. The Bertz CT molecular complexity index is 707. The molecular weight excluding hydrogens is 370 g/mol. The first kappa shape index (κ1) is 20.4. The molecule has 0 spiro atoms. The van der Waals surface area contributed by atoms with Crippen molar-refractivity contribution in [3.8, 4) is 0 Å². The van der Waals surface area contributed by atoms with Crippen LogP contribution in [0, 0.1) is 0 Å². The molecule has 0 bridgehead atoms. The van der Waals surface area contributed by atoms with Crippen molar-refractivity contribution < 1.29 is 14.3 Å². The van der Waals surface area contributed by atoms with Crippen LogP contribution in [-0.4, -0.2) is 108 Å². The lowest BCUT2D eigenvalue weighted by Crippen LogP contribution is -2.54. The van der Waals surface area contributed by atoms with Gasteiger partial charge in [-0.15, -0.1) is 0 Å². The molecule has 160 valence electrons. The fourth-order valence-corrected chi connectivity index (χ4v) is 4.70. The van der Waals surface area contributed by atoms with Gasteiger partial charge in [-0.3, -0.25) is 19.4 Å². The summed E-state index contributed by atoms with van der Waals surface area (Å²) in [7, 11) is 2.07. The first-order valence-corrected chi connectivity index (χ1v) is 10.8. The SMILES string of the molecule is Cn1cccc1C1CCCN1CC(=O)N1CCN(CC(=O)N2CCOCC2)CC1. The Balaban J connectivity index is 1.24. The highest BCUT2D eigenvalue weighted by Crippen LogP contribution is 2.31.